The van der Waals surface area contributed by atoms with Crippen LogP contribution in [0.1, 0.15) is 20.3 Å². The minimum Gasteiger partial charge on any atom is -0.494 e. The van der Waals surface area contributed by atoms with Crippen LogP contribution >= 0.6 is 0 Å². The lowest BCUT2D eigenvalue weighted by Gasteiger charge is -2.22. The van der Waals surface area contributed by atoms with Crippen molar-refractivity contribution in [2.45, 2.75) is 20.3 Å². The van der Waals surface area contributed by atoms with E-state index in [4.69, 9.17) is 24.2 Å². The number of esters is 1. The van der Waals surface area contributed by atoms with E-state index >= 15 is 0 Å². The highest BCUT2D eigenvalue weighted by Crippen LogP contribution is 2.26. The Hall–Kier alpha value is -3.73. The van der Waals surface area contributed by atoms with E-state index in [1.807, 2.05) is 19.9 Å². The first-order chi connectivity index (χ1) is 15.1. The van der Waals surface area contributed by atoms with Crippen LogP contribution in [0.4, 0.5) is 5.69 Å². The maximum atomic E-state index is 12.6. The largest absolute Gasteiger partial charge is 0.494 e. The summed E-state index contributed by atoms with van der Waals surface area (Å²) in [5.74, 6) is 0.480. The molecule has 0 aliphatic carbocycles. The van der Waals surface area contributed by atoms with E-state index in [1.165, 1.54) is 4.90 Å². The molecule has 0 saturated carbocycles. The van der Waals surface area contributed by atoms with Crippen LogP contribution in [0.15, 0.2) is 48.5 Å². The first kappa shape index (κ1) is 23.5. The summed E-state index contributed by atoms with van der Waals surface area (Å²) >= 11 is 0. The molecule has 0 saturated heterocycles. The molecule has 0 fully saturated rings. The summed E-state index contributed by atoms with van der Waals surface area (Å²) in [6.07, 6.45) is 0.143. The van der Waals surface area contributed by atoms with E-state index < -0.39 is 18.5 Å². The number of hydrogen-bond donors (Lipinski definition) is 0. The summed E-state index contributed by atoms with van der Waals surface area (Å²) in [6.45, 7) is 4.07. The highest BCUT2D eigenvalue weighted by Gasteiger charge is 2.18. The van der Waals surface area contributed by atoms with Crippen LogP contribution < -0.4 is 19.1 Å². The van der Waals surface area contributed by atoms with E-state index in [0.717, 1.165) is 0 Å². The van der Waals surface area contributed by atoms with Crippen molar-refractivity contribution in [3.63, 3.8) is 0 Å². The van der Waals surface area contributed by atoms with Gasteiger partial charge in [-0.25, -0.2) is 4.79 Å². The van der Waals surface area contributed by atoms with Crippen LogP contribution in [-0.2, 0) is 14.3 Å². The Morgan fingerprint density at radius 3 is 2.16 bits per heavy atom. The summed E-state index contributed by atoms with van der Waals surface area (Å²) in [6, 6.07) is 15.9. The fraction of sp³-hybridized carbons (Fsp3) is 0.348. The van der Waals surface area contributed by atoms with Crippen molar-refractivity contribution in [2.75, 3.05) is 37.9 Å². The average molecular weight is 426 g/mol. The Bertz CT molecular complexity index is 892. The molecular weight excluding hydrogens is 400 g/mol. The lowest BCUT2D eigenvalue weighted by molar-refractivity contribution is -0.149. The van der Waals surface area contributed by atoms with Crippen LogP contribution in [0.5, 0.6) is 17.2 Å². The predicted molar refractivity (Wildman–Crippen MR) is 114 cm³/mol. The minimum atomic E-state index is -0.688. The van der Waals surface area contributed by atoms with Crippen LogP contribution in [0, 0.1) is 11.3 Å². The molecule has 8 heteroatoms. The van der Waals surface area contributed by atoms with Gasteiger partial charge in [0.05, 0.1) is 25.7 Å². The van der Waals surface area contributed by atoms with Gasteiger partial charge in [0, 0.05) is 12.2 Å². The van der Waals surface area contributed by atoms with E-state index in [1.54, 1.807) is 48.5 Å². The summed E-state index contributed by atoms with van der Waals surface area (Å²) in [5, 5.41) is 8.89. The Morgan fingerprint density at radius 2 is 1.55 bits per heavy atom. The van der Waals surface area contributed by atoms with Crippen LogP contribution in [0.3, 0.4) is 0 Å². The van der Waals surface area contributed by atoms with Crippen molar-refractivity contribution in [1.82, 2.24) is 0 Å². The third-order valence-electron chi connectivity index (χ3n) is 4.06. The molecule has 2 aromatic rings. The Balaban J connectivity index is 1.92. The van der Waals surface area contributed by atoms with Crippen molar-refractivity contribution in [3.8, 4) is 23.3 Å². The number of rotatable bonds is 12. The van der Waals surface area contributed by atoms with E-state index in [-0.39, 0.29) is 19.6 Å². The zero-order chi connectivity index (χ0) is 22.5. The normalized spacial score (nSPS) is 9.97. The monoisotopic (exact) mass is 426 g/mol. The van der Waals surface area contributed by atoms with Crippen LogP contribution in [-0.4, -0.2) is 44.8 Å². The molecule has 164 valence electrons. The van der Waals surface area contributed by atoms with E-state index in [0.29, 0.717) is 36.1 Å². The molecule has 2 rings (SSSR count). The van der Waals surface area contributed by atoms with Crippen molar-refractivity contribution < 1.29 is 28.5 Å². The molecule has 0 atom stereocenters. The second-order valence-electron chi connectivity index (χ2n) is 6.21. The van der Waals surface area contributed by atoms with Gasteiger partial charge in [-0.15, -0.1) is 0 Å². The number of benzene rings is 2. The highest BCUT2D eigenvalue weighted by atomic mass is 16.6. The maximum absolute atomic E-state index is 12.6. The molecule has 2 aromatic carbocycles. The fourth-order valence-electron chi connectivity index (χ4n) is 2.69. The average Bonchev–Trinajstić information content (AvgIpc) is 2.78. The van der Waals surface area contributed by atoms with Gasteiger partial charge < -0.3 is 23.8 Å². The third kappa shape index (κ3) is 7.55. The molecule has 0 aliphatic heterocycles. The molecule has 31 heavy (non-hydrogen) atoms. The highest BCUT2D eigenvalue weighted by molar-refractivity contribution is 5.95. The summed E-state index contributed by atoms with van der Waals surface area (Å²) in [7, 11) is 0. The summed E-state index contributed by atoms with van der Waals surface area (Å²) in [5.41, 5.74) is 0.585. The van der Waals surface area contributed by atoms with Crippen LogP contribution in [0.2, 0.25) is 0 Å². The SMILES string of the molecule is CCOc1ccc(N(CCC#N)C(=O)COC(=O)COc2ccccc2OCC)cc1. The second kappa shape index (κ2) is 12.8. The van der Waals surface area contributed by atoms with Gasteiger partial charge in [0.25, 0.3) is 5.91 Å². The van der Waals surface area contributed by atoms with Gasteiger partial charge in [0.2, 0.25) is 0 Å². The van der Waals surface area contributed by atoms with Gasteiger partial charge >= 0.3 is 5.97 Å². The lowest BCUT2D eigenvalue weighted by atomic mass is 10.2. The Morgan fingerprint density at radius 1 is 0.903 bits per heavy atom. The number of hydrogen-bond acceptors (Lipinski definition) is 7. The standard InChI is InChI=1S/C23H26N2O6/c1-3-28-19-12-10-18(11-13-19)25(15-7-14-24)22(26)16-31-23(27)17-30-21-9-6-5-8-20(21)29-4-2/h5-6,8-13H,3-4,7,15-17H2,1-2H3. The molecule has 0 N–H and O–H groups in total. The van der Waals surface area contributed by atoms with Gasteiger partial charge in [0.15, 0.2) is 24.7 Å². The number of ether oxygens (including phenoxy) is 4. The Labute approximate surface area is 181 Å². The molecule has 0 spiro atoms. The van der Waals surface area contributed by atoms with Crippen molar-refractivity contribution in [2.24, 2.45) is 0 Å². The first-order valence-corrected chi connectivity index (χ1v) is 9.99. The molecule has 8 nitrogen and oxygen atoms in total. The zero-order valence-corrected chi connectivity index (χ0v) is 17.7. The van der Waals surface area contributed by atoms with Gasteiger partial charge in [-0.05, 0) is 50.2 Å². The van der Waals surface area contributed by atoms with E-state index in [9.17, 15) is 9.59 Å². The first-order valence-electron chi connectivity index (χ1n) is 9.99. The van der Waals surface area contributed by atoms with E-state index in [2.05, 4.69) is 0 Å². The third-order valence-corrected chi connectivity index (χ3v) is 4.06. The summed E-state index contributed by atoms with van der Waals surface area (Å²) in [4.78, 5) is 26.1. The minimum absolute atomic E-state index is 0.143. The summed E-state index contributed by atoms with van der Waals surface area (Å²) < 4.78 is 21.4. The second-order valence-corrected chi connectivity index (χ2v) is 6.21. The molecule has 0 aliphatic rings. The molecule has 0 heterocycles. The molecular formula is C23H26N2O6. The Kier molecular flexibility index (Phi) is 9.69. The van der Waals surface area contributed by atoms with Gasteiger partial charge in [-0.2, -0.15) is 5.26 Å². The predicted octanol–water partition coefficient (Wildman–Crippen LogP) is 3.35. The zero-order valence-electron chi connectivity index (χ0n) is 17.7. The van der Waals surface area contributed by atoms with Crippen molar-refractivity contribution in [3.05, 3.63) is 48.5 Å². The molecule has 0 radical (unpaired) electrons. The number of carbonyl (C=O) groups excluding carboxylic acids is 2. The van der Waals surface area contributed by atoms with Crippen molar-refractivity contribution >= 4 is 17.6 Å². The fourth-order valence-corrected chi connectivity index (χ4v) is 2.69. The number of amides is 1. The lowest BCUT2D eigenvalue weighted by Crippen LogP contribution is -2.36. The molecule has 1 amide bonds. The van der Waals surface area contributed by atoms with Gasteiger partial charge in [0.1, 0.15) is 5.75 Å². The van der Waals surface area contributed by atoms with Crippen molar-refractivity contribution in [1.29, 1.82) is 5.26 Å². The maximum Gasteiger partial charge on any atom is 0.344 e. The number of anilines is 1. The van der Waals surface area contributed by atoms with Gasteiger partial charge in [-0.3, -0.25) is 4.79 Å². The quantitative estimate of drug-likeness (QED) is 0.480. The number of nitrogens with zero attached hydrogens (tertiary/aromatic N) is 2. The number of para-hydroxylation sites is 2. The van der Waals surface area contributed by atoms with Gasteiger partial charge in [-0.1, -0.05) is 12.1 Å². The number of nitriles is 1. The molecule has 0 bridgehead atoms. The topological polar surface area (TPSA) is 98.1 Å². The molecule has 0 unspecified atom stereocenters. The molecule has 0 aromatic heterocycles. The van der Waals surface area contributed by atoms with Crippen LogP contribution in [0.25, 0.3) is 0 Å². The smallest absolute Gasteiger partial charge is 0.344 e. The number of carbonyl (C=O) groups is 2.